The average Bonchev–Trinajstić information content (AvgIpc) is 2.83. The van der Waals surface area contributed by atoms with Crippen molar-refractivity contribution < 1.29 is 19.1 Å². The van der Waals surface area contributed by atoms with Crippen LogP contribution in [-0.2, 0) is 6.42 Å². The molecule has 2 aromatic rings. The van der Waals surface area contributed by atoms with Crippen molar-refractivity contribution in [1.82, 2.24) is 0 Å². The maximum atomic E-state index is 12.6. The number of hydrogen-bond acceptors (Lipinski definition) is 4. The van der Waals surface area contributed by atoms with Gasteiger partial charge in [0, 0.05) is 23.2 Å². The number of aliphatic hydroxyl groups is 1. The molecule has 2 N–H and O–H groups in total. The Kier molecular flexibility index (Phi) is 4.13. The zero-order valence-corrected chi connectivity index (χ0v) is 14.5. The molecule has 1 heterocycles. The summed E-state index contributed by atoms with van der Waals surface area (Å²) in [5, 5.41) is 13.2. The van der Waals surface area contributed by atoms with Crippen LogP contribution in [-0.4, -0.2) is 18.1 Å². The van der Waals surface area contributed by atoms with Crippen molar-refractivity contribution in [1.29, 1.82) is 0 Å². The van der Waals surface area contributed by atoms with E-state index in [1.165, 1.54) is 0 Å². The van der Waals surface area contributed by atoms with Gasteiger partial charge in [-0.15, -0.1) is 0 Å². The van der Waals surface area contributed by atoms with Crippen molar-refractivity contribution in [2.24, 2.45) is 5.41 Å². The number of furan rings is 1. The van der Waals surface area contributed by atoms with Gasteiger partial charge in [0.25, 0.3) is 5.91 Å². The normalized spacial score (nSPS) is 18.8. The summed E-state index contributed by atoms with van der Waals surface area (Å²) in [7, 11) is 1.59. The fourth-order valence-electron chi connectivity index (χ4n) is 3.36. The first kappa shape index (κ1) is 16.6. The third-order valence-electron chi connectivity index (χ3n) is 4.54. The Morgan fingerprint density at radius 3 is 2.62 bits per heavy atom. The molecule has 1 aliphatic carbocycles. The summed E-state index contributed by atoms with van der Waals surface area (Å²) in [6.07, 6.45) is 0.797. The van der Waals surface area contributed by atoms with Gasteiger partial charge in [0.15, 0.2) is 5.76 Å². The van der Waals surface area contributed by atoms with Gasteiger partial charge in [-0.3, -0.25) is 4.79 Å². The number of carbonyl (C=O) groups is 1. The first-order valence-corrected chi connectivity index (χ1v) is 8.06. The minimum absolute atomic E-state index is 0.0412. The van der Waals surface area contributed by atoms with Gasteiger partial charge in [-0.1, -0.05) is 13.8 Å². The van der Waals surface area contributed by atoms with Crippen LogP contribution in [0.2, 0.25) is 0 Å². The molecule has 5 heteroatoms. The number of rotatable bonds is 3. The monoisotopic (exact) mass is 329 g/mol. The van der Waals surface area contributed by atoms with E-state index in [-0.39, 0.29) is 17.1 Å². The number of ether oxygens (including phenoxy) is 1. The second-order valence-corrected chi connectivity index (χ2v) is 7.14. The molecule has 128 valence electrons. The number of hydrogen-bond donors (Lipinski definition) is 2. The minimum Gasteiger partial charge on any atom is -0.497 e. The smallest absolute Gasteiger partial charge is 0.291 e. The molecule has 3 rings (SSSR count). The van der Waals surface area contributed by atoms with E-state index in [1.54, 1.807) is 31.4 Å². The molecule has 0 radical (unpaired) electrons. The van der Waals surface area contributed by atoms with E-state index in [9.17, 15) is 9.90 Å². The topological polar surface area (TPSA) is 71.7 Å². The van der Waals surface area contributed by atoms with Crippen molar-refractivity contribution in [2.45, 2.75) is 39.7 Å². The Hall–Kier alpha value is -2.27. The van der Waals surface area contributed by atoms with E-state index < -0.39 is 6.10 Å². The average molecular weight is 329 g/mol. The molecule has 1 aromatic heterocycles. The Bertz CT molecular complexity index is 758. The number of anilines is 1. The van der Waals surface area contributed by atoms with E-state index in [4.69, 9.17) is 9.15 Å². The number of nitrogens with one attached hydrogen (secondary N) is 1. The molecule has 0 bridgehead atoms. The lowest BCUT2D eigenvalue weighted by Gasteiger charge is -2.31. The highest BCUT2D eigenvalue weighted by Crippen LogP contribution is 2.44. The van der Waals surface area contributed by atoms with Crippen LogP contribution < -0.4 is 10.1 Å². The van der Waals surface area contributed by atoms with Gasteiger partial charge in [-0.2, -0.15) is 0 Å². The van der Waals surface area contributed by atoms with Gasteiger partial charge in [0.05, 0.1) is 13.2 Å². The number of carbonyl (C=O) groups excluding carboxylic acids is 1. The van der Waals surface area contributed by atoms with E-state index in [2.05, 4.69) is 19.2 Å². The predicted octanol–water partition coefficient (Wildman–Crippen LogP) is 3.85. The fourth-order valence-corrected chi connectivity index (χ4v) is 3.36. The molecule has 0 saturated heterocycles. The van der Waals surface area contributed by atoms with Crippen LogP contribution >= 0.6 is 0 Å². The fraction of sp³-hybridized carbons (Fsp3) is 0.421. The molecular weight excluding hydrogens is 306 g/mol. The van der Waals surface area contributed by atoms with Gasteiger partial charge in [-0.25, -0.2) is 0 Å². The van der Waals surface area contributed by atoms with Gasteiger partial charge >= 0.3 is 0 Å². The first-order chi connectivity index (χ1) is 11.3. The van der Waals surface area contributed by atoms with Crippen molar-refractivity contribution in [2.75, 3.05) is 12.4 Å². The predicted molar refractivity (Wildman–Crippen MR) is 91.5 cm³/mol. The summed E-state index contributed by atoms with van der Waals surface area (Å²) >= 11 is 0. The van der Waals surface area contributed by atoms with Crippen LogP contribution in [0.4, 0.5) is 5.69 Å². The third-order valence-corrected chi connectivity index (χ3v) is 4.54. The Balaban J connectivity index is 1.86. The van der Waals surface area contributed by atoms with Crippen molar-refractivity contribution in [3.05, 3.63) is 46.9 Å². The molecular formula is C19H23NO4. The highest BCUT2D eigenvalue weighted by Gasteiger charge is 2.37. The molecule has 1 aliphatic rings. The van der Waals surface area contributed by atoms with Crippen LogP contribution in [0.1, 0.15) is 53.8 Å². The van der Waals surface area contributed by atoms with Crippen LogP contribution in [0.15, 0.2) is 28.7 Å². The zero-order valence-electron chi connectivity index (χ0n) is 14.5. The second-order valence-electron chi connectivity index (χ2n) is 7.14. The molecule has 1 amide bonds. The third kappa shape index (κ3) is 3.04. The van der Waals surface area contributed by atoms with Crippen LogP contribution in [0.25, 0.3) is 0 Å². The number of methoxy groups -OCH3 is 1. The molecule has 0 aliphatic heterocycles. The van der Waals surface area contributed by atoms with E-state index >= 15 is 0 Å². The highest BCUT2D eigenvalue weighted by atomic mass is 16.5. The molecule has 0 saturated carbocycles. The molecule has 1 aromatic carbocycles. The van der Waals surface area contributed by atoms with Gasteiger partial charge in [0.2, 0.25) is 0 Å². The van der Waals surface area contributed by atoms with Crippen LogP contribution in [0, 0.1) is 12.3 Å². The van der Waals surface area contributed by atoms with Crippen molar-refractivity contribution in [3.63, 3.8) is 0 Å². The highest BCUT2D eigenvalue weighted by molar-refractivity contribution is 6.03. The SMILES string of the molecule is COc1ccc(NC(=O)c2oc3c(c2C)[C@H](O)CC(C)(C)C3)cc1. The number of amides is 1. The summed E-state index contributed by atoms with van der Waals surface area (Å²) in [6.45, 7) is 6.01. The van der Waals surface area contributed by atoms with E-state index in [0.29, 0.717) is 12.1 Å². The van der Waals surface area contributed by atoms with Gasteiger partial charge in [-0.05, 0) is 43.0 Å². The van der Waals surface area contributed by atoms with Crippen LogP contribution in [0.3, 0.4) is 0 Å². The van der Waals surface area contributed by atoms with Crippen molar-refractivity contribution in [3.8, 4) is 5.75 Å². The number of benzene rings is 1. The Morgan fingerprint density at radius 2 is 2.00 bits per heavy atom. The molecule has 0 spiro atoms. The lowest BCUT2D eigenvalue weighted by Crippen LogP contribution is -2.24. The lowest BCUT2D eigenvalue weighted by atomic mass is 9.75. The Morgan fingerprint density at radius 1 is 1.33 bits per heavy atom. The first-order valence-electron chi connectivity index (χ1n) is 8.06. The van der Waals surface area contributed by atoms with Gasteiger partial charge < -0.3 is 19.6 Å². The van der Waals surface area contributed by atoms with Crippen LogP contribution in [0.5, 0.6) is 5.75 Å². The minimum atomic E-state index is -0.588. The molecule has 5 nitrogen and oxygen atoms in total. The quantitative estimate of drug-likeness (QED) is 0.897. The maximum absolute atomic E-state index is 12.6. The largest absolute Gasteiger partial charge is 0.497 e. The van der Waals surface area contributed by atoms with E-state index in [1.807, 2.05) is 6.92 Å². The second kappa shape index (κ2) is 5.98. The number of fused-ring (bicyclic) bond motifs is 1. The summed E-state index contributed by atoms with van der Waals surface area (Å²) in [4.78, 5) is 12.6. The van der Waals surface area contributed by atoms with E-state index in [0.717, 1.165) is 29.1 Å². The molecule has 24 heavy (non-hydrogen) atoms. The molecule has 1 atom stereocenters. The summed E-state index contributed by atoms with van der Waals surface area (Å²) < 4.78 is 10.9. The van der Waals surface area contributed by atoms with Gasteiger partial charge in [0.1, 0.15) is 11.5 Å². The Labute approximate surface area is 141 Å². The molecule has 0 unspecified atom stereocenters. The molecule has 0 fully saturated rings. The summed E-state index contributed by atoms with van der Waals surface area (Å²) in [5.74, 6) is 1.41. The lowest BCUT2D eigenvalue weighted by molar-refractivity contribution is 0.0910. The standard InChI is InChI=1S/C19H23NO4/c1-11-16-14(21)9-19(2,3)10-15(16)24-17(11)18(22)20-12-5-7-13(23-4)8-6-12/h5-8,14,21H,9-10H2,1-4H3,(H,20,22)/t14-/m1/s1. The number of aliphatic hydroxyl groups excluding tert-OH is 1. The van der Waals surface area contributed by atoms with Crippen molar-refractivity contribution >= 4 is 11.6 Å². The zero-order chi connectivity index (χ0) is 17.5. The summed E-state index contributed by atoms with van der Waals surface area (Å²) in [6, 6.07) is 7.10. The maximum Gasteiger partial charge on any atom is 0.291 e. The summed E-state index contributed by atoms with van der Waals surface area (Å²) in [5.41, 5.74) is 2.11.